The molecule has 0 N–H and O–H groups in total. The molecule has 0 unspecified atom stereocenters. The van der Waals surface area contributed by atoms with Gasteiger partial charge in [-0.2, -0.15) is 9.29 Å². The number of halogens is 3. The third-order valence-corrected chi connectivity index (χ3v) is 6.71. The second-order valence-corrected chi connectivity index (χ2v) is 8.91. The molecule has 2 amide bonds. The topological polar surface area (TPSA) is 102 Å². The number of anilines is 2. The number of amides is 2. The zero-order valence-electron chi connectivity index (χ0n) is 17.1. The second-order valence-electron chi connectivity index (χ2n) is 6.72. The number of methoxy groups -OCH3 is 2. The minimum atomic E-state index is -4.46. The molecule has 0 saturated heterocycles. The molecule has 0 spiro atoms. The highest BCUT2D eigenvalue weighted by Crippen LogP contribution is 2.38. The van der Waals surface area contributed by atoms with Gasteiger partial charge in [0, 0.05) is 28.9 Å². The van der Waals surface area contributed by atoms with Gasteiger partial charge in [-0.05, 0) is 24.3 Å². The molecule has 3 heterocycles. The highest BCUT2D eigenvalue weighted by atomic mass is 35.5. The van der Waals surface area contributed by atoms with Gasteiger partial charge in [-0.25, -0.2) is 27.0 Å². The molecular formula is C20H15ClF2N4O5S. The van der Waals surface area contributed by atoms with Crippen LogP contribution in [0.15, 0.2) is 47.5 Å². The van der Waals surface area contributed by atoms with E-state index in [-0.39, 0.29) is 33.2 Å². The molecule has 1 aromatic carbocycles. The van der Waals surface area contributed by atoms with Gasteiger partial charge in [0.2, 0.25) is 11.8 Å². The zero-order valence-corrected chi connectivity index (χ0v) is 18.7. The maximum absolute atomic E-state index is 14.5. The fourth-order valence-electron chi connectivity index (χ4n) is 3.25. The summed E-state index contributed by atoms with van der Waals surface area (Å²) < 4.78 is 66.3. The van der Waals surface area contributed by atoms with Crippen LogP contribution in [-0.4, -0.2) is 38.6 Å². The average molecular weight is 497 g/mol. The summed E-state index contributed by atoms with van der Waals surface area (Å²) in [4.78, 5) is 21.9. The van der Waals surface area contributed by atoms with Gasteiger partial charge >= 0.3 is 6.03 Å². The highest BCUT2D eigenvalue weighted by molar-refractivity contribution is 7.94. The molecule has 1 aliphatic heterocycles. The molecule has 3 aromatic rings. The molecule has 0 atom stereocenters. The van der Waals surface area contributed by atoms with Gasteiger partial charge in [0.25, 0.3) is 10.0 Å². The fourth-order valence-corrected chi connectivity index (χ4v) is 4.97. The van der Waals surface area contributed by atoms with Crippen LogP contribution >= 0.6 is 11.6 Å². The van der Waals surface area contributed by atoms with Gasteiger partial charge in [0.15, 0.2) is 5.82 Å². The number of rotatable bonds is 5. The van der Waals surface area contributed by atoms with Gasteiger partial charge in [-0.1, -0.05) is 11.6 Å². The van der Waals surface area contributed by atoms with Crippen molar-refractivity contribution in [1.82, 2.24) is 9.97 Å². The number of nitrogens with zero attached hydrogens (tertiary/aromatic N) is 4. The minimum absolute atomic E-state index is 0.0225. The third kappa shape index (κ3) is 3.91. The van der Waals surface area contributed by atoms with Crippen LogP contribution in [0.25, 0.3) is 0 Å². The lowest BCUT2D eigenvalue weighted by Gasteiger charge is -2.35. The number of carbonyl (C=O) groups excluding carboxylic acids is 1. The predicted octanol–water partition coefficient (Wildman–Crippen LogP) is 3.76. The lowest BCUT2D eigenvalue weighted by atomic mass is 10.2. The van der Waals surface area contributed by atoms with E-state index >= 15 is 0 Å². The average Bonchev–Trinajstić information content (AvgIpc) is 2.77. The molecule has 4 rings (SSSR count). The van der Waals surface area contributed by atoms with Crippen molar-refractivity contribution in [3.8, 4) is 11.8 Å². The number of sulfonamides is 1. The van der Waals surface area contributed by atoms with Crippen LogP contribution in [0.2, 0.25) is 5.02 Å². The van der Waals surface area contributed by atoms with Crippen molar-refractivity contribution in [1.29, 1.82) is 0 Å². The van der Waals surface area contributed by atoms with E-state index in [1.165, 1.54) is 44.7 Å². The van der Waals surface area contributed by atoms with Crippen LogP contribution in [0.4, 0.5) is 25.1 Å². The number of ether oxygens (including phenoxy) is 2. The summed E-state index contributed by atoms with van der Waals surface area (Å²) in [5.41, 5.74) is -0.645. The number of urea groups is 1. The van der Waals surface area contributed by atoms with Gasteiger partial charge in [0.1, 0.15) is 16.5 Å². The van der Waals surface area contributed by atoms with Crippen LogP contribution < -0.4 is 18.7 Å². The monoisotopic (exact) mass is 496 g/mol. The first kappa shape index (κ1) is 22.7. The SMILES string of the molecule is COc1cc(N2C(=O)N(Cc3c(F)cc(Cl)cc3F)c3ncccc3S2(=O)=O)cc(OC)n1. The lowest BCUT2D eigenvalue weighted by molar-refractivity contribution is 0.253. The maximum atomic E-state index is 14.5. The first-order valence-corrected chi connectivity index (χ1v) is 11.0. The first-order valence-electron chi connectivity index (χ1n) is 9.22. The Kier molecular flexibility index (Phi) is 5.80. The summed E-state index contributed by atoms with van der Waals surface area (Å²) in [6, 6.07) is 5.67. The molecule has 0 bridgehead atoms. The molecule has 0 radical (unpaired) electrons. The molecule has 0 aliphatic carbocycles. The fraction of sp³-hybridized carbons (Fsp3) is 0.150. The van der Waals surface area contributed by atoms with Crippen LogP contribution in [0, 0.1) is 11.6 Å². The van der Waals surface area contributed by atoms with Crippen LogP contribution in [0.5, 0.6) is 11.8 Å². The second kappa shape index (κ2) is 8.45. The molecule has 33 heavy (non-hydrogen) atoms. The normalized spacial score (nSPS) is 14.8. The van der Waals surface area contributed by atoms with Crippen molar-refractivity contribution in [3.63, 3.8) is 0 Å². The number of hydrogen-bond acceptors (Lipinski definition) is 7. The highest BCUT2D eigenvalue weighted by Gasteiger charge is 2.44. The maximum Gasteiger partial charge on any atom is 0.344 e. The third-order valence-electron chi connectivity index (χ3n) is 4.77. The minimum Gasteiger partial charge on any atom is -0.481 e. The Hall–Kier alpha value is -3.51. The molecule has 0 fully saturated rings. The largest absolute Gasteiger partial charge is 0.481 e. The van der Waals surface area contributed by atoms with E-state index in [0.29, 0.717) is 4.31 Å². The molecule has 0 saturated carbocycles. The predicted molar refractivity (Wildman–Crippen MR) is 114 cm³/mol. The van der Waals surface area contributed by atoms with Crippen molar-refractivity contribution in [2.45, 2.75) is 11.4 Å². The van der Waals surface area contributed by atoms with Gasteiger partial charge < -0.3 is 9.47 Å². The zero-order chi connectivity index (χ0) is 23.9. The molecule has 1 aliphatic rings. The van der Waals surface area contributed by atoms with Gasteiger partial charge in [0.05, 0.1) is 26.5 Å². The van der Waals surface area contributed by atoms with E-state index in [1.807, 2.05) is 0 Å². The van der Waals surface area contributed by atoms with Crippen LogP contribution in [0.3, 0.4) is 0 Å². The summed E-state index contributed by atoms with van der Waals surface area (Å²) in [5.74, 6) is -2.33. The molecule has 13 heteroatoms. The van der Waals surface area contributed by atoms with Gasteiger partial charge in [-0.15, -0.1) is 0 Å². The summed E-state index contributed by atoms with van der Waals surface area (Å²) in [5, 5.41) is -0.169. The summed E-state index contributed by atoms with van der Waals surface area (Å²) in [6.07, 6.45) is 1.26. The van der Waals surface area contributed by atoms with E-state index < -0.39 is 39.8 Å². The Bertz CT molecular complexity index is 1330. The number of fused-ring (bicyclic) bond motifs is 1. The van der Waals surface area contributed by atoms with Crippen molar-refractivity contribution >= 4 is 39.2 Å². The number of pyridine rings is 2. The molecule has 9 nitrogen and oxygen atoms in total. The van der Waals surface area contributed by atoms with Gasteiger partial charge in [-0.3, -0.25) is 4.90 Å². The molecule has 172 valence electrons. The quantitative estimate of drug-likeness (QED) is 0.530. The van der Waals surface area contributed by atoms with Crippen molar-refractivity contribution in [2.75, 3.05) is 23.4 Å². The Balaban J connectivity index is 1.91. The van der Waals surface area contributed by atoms with E-state index in [2.05, 4.69) is 9.97 Å². The smallest absolute Gasteiger partial charge is 0.344 e. The molecular weight excluding hydrogens is 482 g/mol. The Labute approximate surface area is 192 Å². The van der Waals surface area contributed by atoms with E-state index in [1.54, 1.807) is 0 Å². The van der Waals surface area contributed by atoms with E-state index in [0.717, 1.165) is 17.0 Å². The number of aromatic nitrogens is 2. The van der Waals surface area contributed by atoms with Crippen molar-refractivity contribution in [3.05, 3.63) is 64.8 Å². The van der Waals surface area contributed by atoms with Crippen molar-refractivity contribution < 1.29 is 31.5 Å². The van der Waals surface area contributed by atoms with Crippen LogP contribution in [0.1, 0.15) is 5.56 Å². The summed E-state index contributed by atoms with van der Waals surface area (Å²) in [7, 11) is -1.85. The van der Waals surface area contributed by atoms with E-state index in [4.69, 9.17) is 21.1 Å². The standard InChI is InChI=1S/C20H15ClF2N4O5S/c1-31-17-8-12(9-18(25-17)32-2)27-20(28)26(10-13-14(22)6-11(21)7-15(13)23)19-16(33(27,29)30)4-3-5-24-19/h3-9H,10H2,1-2H3. The first-order chi connectivity index (χ1) is 15.7. The lowest BCUT2D eigenvalue weighted by Crippen LogP contribution is -2.51. The van der Waals surface area contributed by atoms with E-state index in [9.17, 15) is 22.0 Å². The van der Waals surface area contributed by atoms with Crippen LogP contribution in [-0.2, 0) is 16.6 Å². The molecule has 2 aromatic heterocycles. The Morgan fingerprint density at radius 1 is 1.06 bits per heavy atom. The summed E-state index contributed by atoms with van der Waals surface area (Å²) >= 11 is 5.68. The summed E-state index contributed by atoms with van der Waals surface area (Å²) in [6.45, 7) is -0.650. The number of carbonyl (C=O) groups is 1. The van der Waals surface area contributed by atoms with Crippen molar-refractivity contribution in [2.24, 2.45) is 0 Å². The Morgan fingerprint density at radius 3 is 2.24 bits per heavy atom. The Morgan fingerprint density at radius 2 is 1.67 bits per heavy atom. The number of hydrogen-bond donors (Lipinski definition) is 0. The number of benzene rings is 1.